The average molecular weight is 376 g/mol. The van der Waals surface area contributed by atoms with E-state index in [1.54, 1.807) is 7.11 Å². The molecule has 0 saturated carbocycles. The Kier molecular flexibility index (Phi) is 7.51. The Bertz CT molecular complexity index is 811. The van der Waals surface area contributed by atoms with Crippen molar-refractivity contribution in [3.63, 3.8) is 0 Å². The summed E-state index contributed by atoms with van der Waals surface area (Å²) in [5, 5.41) is 0. The van der Waals surface area contributed by atoms with E-state index in [1.165, 1.54) is 16.7 Å². The van der Waals surface area contributed by atoms with Gasteiger partial charge in [0.15, 0.2) is 0 Å². The van der Waals surface area contributed by atoms with E-state index in [1.807, 2.05) is 42.5 Å². The fourth-order valence-electron chi connectivity index (χ4n) is 2.92. The van der Waals surface area contributed by atoms with E-state index in [4.69, 9.17) is 14.2 Å². The average Bonchev–Trinajstić information content (AvgIpc) is 2.75. The Morgan fingerprint density at radius 2 is 1.29 bits per heavy atom. The van der Waals surface area contributed by atoms with Crippen molar-refractivity contribution in [3.8, 4) is 11.5 Å². The summed E-state index contributed by atoms with van der Waals surface area (Å²) in [4.78, 5) is 0. The zero-order chi connectivity index (χ0) is 19.6. The van der Waals surface area contributed by atoms with Crippen LogP contribution in [0.25, 0.3) is 0 Å². The fraction of sp³-hybridized carbons (Fsp3) is 0.280. The van der Waals surface area contributed by atoms with Crippen molar-refractivity contribution in [2.24, 2.45) is 0 Å². The molecule has 0 spiro atoms. The highest BCUT2D eigenvalue weighted by atomic mass is 16.5. The third-order valence-corrected chi connectivity index (χ3v) is 4.68. The third-order valence-electron chi connectivity index (χ3n) is 4.68. The van der Waals surface area contributed by atoms with Gasteiger partial charge in [0.05, 0.1) is 12.7 Å². The van der Waals surface area contributed by atoms with Crippen LogP contribution >= 0.6 is 0 Å². The predicted molar refractivity (Wildman–Crippen MR) is 113 cm³/mol. The van der Waals surface area contributed by atoms with E-state index in [0.717, 1.165) is 24.3 Å². The largest absolute Gasteiger partial charge is 0.493 e. The van der Waals surface area contributed by atoms with Crippen molar-refractivity contribution < 1.29 is 14.2 Å². The van der Waals surface area contributed by atoms with E-state index in [-0.39, 0.29) is 6.10 Å². The molecule has 0 bridgehead atoms. The Balaban J connectivity index is 1.41. The van der Waals surface area contributed by atoms with Crippen LogP contribution < -0.4 is 9.47 Å². The van der Waals surface area contributed by atoms with Crippen molar-refractivity contribution in [3.05, 3.63) is 95.6 Å². The minimum Gasteiger partial charge on any atom is -0.493 e. The monoisotopic (exact) mass is 376 g/mol. The molecule has 3 aromatic rings. The summed E-state index contributed by atoms with van der Waals surface area (Å²) in [6.07, 6.45) is 2.00. The van der Waals surface area contributed by atoms with Gasteiger partial charge in [0.1, 0.15) is 18.1 Å². The topological polar surface area (TPSA) is 27.7 Å². The summed E-state index contributed by atoms with van der Waals surface area (Å²) in [5.41, 5.74) is 3.66. The van der Waals surface area contributed by atoms with Crippen LogP contribution in [0.5, 0.6) is 11.5 Å². The summed E-state index contributed by atoms with van der Waals surface area (Å²) in [5.74, 6) is 1.78. The molecular weight excluding hydrogens is 348 g/mol. The standard InChI is InChI=1S/C25H28O3/c1-20(26-2)18-22-10-14-24(15-11-22)27-17-16-21-8-12-25(13-9-21)28-19-23-6-4-3-5-7-23/h3-15,20H,16-19H2,1-2H3. The van der Waals surface area contributed by atoms with Gasteiger partial charge < -0.3 is 14.2 Å². The smallest absolute Gasteiger partial charge is 0.119 e. The van der Waals surface area contributed by atoms with E-state index in [0.29, 0.717) is 13.2 Å². The second-order valence-corrected chi connectivity index (χ2v) is 6.91. The van der Waals surface area contributed by atoms with Crippen molar-refractivity contribution in [2.45, 2.75) is 32.5 Å². The van der Waals surface area contributed by atoms with Gasteiger partial charge in [-0.2, -0.15) is 0 Å². The normalized spacial score (nSPS) is 11.8. The third kappa shape index (κ3) is 6.43. The van der Waals surface area contributed by atoms with Gasteiger partial charge in [0.25, 0.3) is 0 Å². The zero-order valence-corrected chi connectivity index (χ0v) is 16.6. The number of ether oxygens (including phenoxy) is 3. The molecule has 0 saturated heterocycles. The molecular formula is C25H28O3. The number of rotatable bonds is 10. The van der Waals surface area contributed by atoms with Crippen molar-refractivity contribution in [1.29, 1.82) is 0 Å². The van der Waals surface area contributed by atoms with Crippen LogP contribution in [0.1, 0.15) is 23.6 Å². The number of hydrogen-bond acceptors (Lipinski definition) is 3. The highest BCUT2D eigenvalue weighted by Gasteiger charge is 2.03. The molecule has 0 amide bonds. The lowest BCUT2D eigenvalue weighted by atomic mass is 10.1. The summed E-state index contributed by atoms with van der Waals surface area (Å²) in [6.45, 7) is 3.31. The number of methoxy groups -OCH3 is 1. The maximum Gasteiger partial charge on any atom is 0.119 e. The molecule has 3 aromatic carbocycles. The molecule has 0 fully saturated rings. The molecule has 3 rings (SSSR count). The van der Waals surface area contributed by atoms with Crippen molar-refractivity contribution in [2.75, 3.05) is 13.7 Å². The fourth-order valence-corrected chi connectivity index (χ4v) is 2.92. The number of benzene rings is 3. The SMILES string of the molecule is COC(C)Cc1ccc(OCCc2ccc(OCc3ccccc3)cc2)cc1. The first-order chi connectivity index (χ1) is 13.7. The summed E-state index contributed by atoms with van der Waals surface area (Å²) >= 11 is 0. The van der Waals surface area contributed by atoms with Gasteiger partial charge in [-0.25, -0.2) is 0 Å². The van der Waals surface area contributed by atoms with Gasteiger partial charge in [-0.3, -0.25) is 0 Å². The second kappa shape index (κ2) is 10.5. The summed E-state index contributed by atoms with van der Waals surface area (Å²) in [7, 11) is 1.74. The molecule has 0 aliphatic heterocycles. The van der Waals surface area contributed by atoms with Crippen LogP contribution in [0.15, 0.2) is 78.9 Å². The lowest BCUT2D eigenvalue weighted by Crippen LogP contribution is -2.08. The molecule has 3 heteroatoms. The molecule has 0 radical (unpaired) electrons. The van der Waals surface area contributed by atoms with Crippen LogP contribution in [0.4, 0.5) is 0 Å². The van der Waals surface area contributed by atoms with E-state index < -0.39 is 0 Å². The van der Waals surface area contributed by atoms with Crippen LogP contribution in [0, 0.1) is 0 Å². The minimum atomic E-state index is 0.228. The Morgan fingerprint density at radius 1 is 0.679 bits per heavy atom. The first-order valence-corrected chi connectivity index (χ1v) is 9.73. The maximum atomic E-state index is 5.87. The van der Waals surface area contributed by atoms with Gasteiger partial charge in [-0.05, 0) is 54.3 Å². The van der Waals surface area contributed by atoms with Crippen LogP contribution in [0.2, 0.25) is 0 Å². The Labute approximate surface area is 167 Å². The second-order valence-electron chi connectivity index (χ2n) is 6.91. The van der Waals surface area contributed by atoms with Gasteiger partial charge in [-0.1, -0.05) is 54.6 Å². The van der Waals surface area contributed by atoms with E-state index in [2.05, 4.69) is 43.3 Å². The van der Waals surface area contributed by atoms with Gasteiger partial charge >= 0.3 is 0 Å². The first-order valence-electron chi connectivity index (χ1n) is 9.73. The summed E-state index contributed by atoms with van der Waals surface area (Å²) < 4.78 is 17.0. The number of hydrogen-bond donors (Lipinski definition) is 0. The molecule has 0 aliphatic carbocycles. The van der Waals surface area contributed by atoms with Crippen LogP contribution in [-0.4, -0.2) is 19.8 Å². The van der Waals surface area contributed by atoms with Crippen LogP contribution in [-0.2, 0) is 24.2 Å². The Morgan fingerprint density at radius 3 is 1.93 bits per heavy atom. The van der Waals surface area contributed by atoms with Crippen molar-refractivity contribution >= 4 is 0 Å². The molecule has 0 aliphatic rings. The van der Waals surface area contributed by atoms with E-state index >= 15 is 0 Å². The predicted octanol–water partition coefficient (Wildman–Crippen LogP) is 5.46. The molecule has 1 unspecified atom stereocenters. The molecule has 146 valence electrons. The van der Waals surface area contributed by atoms with Gasteiger partial charge in [0, 0.05) is 13.5 Å². The van der Waals surface area contributed by atoms with Gasteiger partial charge in [0.2, 0.25) is 0 Å². The lowest BCUT2D eigenvalue weighted by molar-refractivity contribution is 0.119. The molecule has 28 heavy (non-hydrogen) atoms. The lowest BCUT2D eigenvalue weighted by Gasteiger charge is -2.11. The summed E-state index contributed by atoms with van der Waals surface area (Å²) in [6, 6.07) is 26.7. The maximum absolute atomic E-state index is 5.87. The molecule has 0 N–H and O–H groups in total. The molecule has 0 heterocycles. The highest BCUT2D eigenvalue weighted by molar-refractivity contribution is 5.29. The first kappa shape index (κ1) is 20.0. The minimum absolute atomic E-state index is 0.228. The molecule has 0 aromatic heterocycles. The van der Waals surface area contributed by atoms with Crippen molar-refractivity contribution in [1.82, 2.24) is 0 Å². The quantitative estimate of drug-likeness (QED) is 0.470. The molecule has 3 nitrogen and oxygen atoms in total. The van der Waals surface area contributed by atoms with Gasteiger partial charge in [-0.15, -0.1) is 0 Å². The molecule has 1 atom stereocenters. The van der Waals surface area contributed by atoms with E-state index in [9.17, 15) is 0 Å². The zero-order valence-electron chi connectivity index (χ0n) is 16.6. The Hall–Kier alpha value is -2.78. The van der Waals surface area contributed by atoms with Crippen LogP contribution in [0.3, 0.4) is 0 Å². The highest BCUT2D eigenvalue weighted by Crippen LogP contribution is 2.17.